The quantitative estimate of drug-likeness (QED) is 0.675. The van der Waals surface area contributed by atoms with E-state index >= 15 is 0 Å². The van der Waals surface area contributed by atoms with Crippen molar-refractivity contribution in [2.24, 2.45) is 0 Å². The van der Waals surface area contributed by atoms with E-state index in [1.807, 2.05) is 0 Å². The largest absolute Gasteiger partial charge is 0.396 e. The molecular formula is C11H14FN3O3S. The highest BCUT2D eigenvalue weighted by atomic mass is 32.2. The molecule has 0 bridgehead atoms. The zero-order valence-corrected chi connectivity index (χ0v) is 11.1. The maximum atomic E-state index is 13.2. The van der Waals surface area contributed by atoms with E-state index in [2.05, 4.69) is 10.0 Å². The monoisotopic (exact) mass is 287 g/mol. The Morgan fingerprint density at radius 1 is 1.47 bits per heavy atom. The summed E-state index contributed by atoms with van der Waals surface area (Å²) in [6.07, 6.45) is 0.0922. The lowest BCUT2D eigenvalue weighted by molar-refractivity contribution is -0.119. The molecule has 8 heteroatoms. The third kappa shape index (κ3) is 2.85. The van der Waals surface area contributed by atoms with Crippen LogP contribution in [0.1, 0.15) is 12.0 Å². The van der Waals surface area contributed by atoms with Crippen LogP contribution in [0.15, 0.2) is 17.0 Å². The zero-order valence-electron chi connectivity index (χ0n) is 10.2. The number of hydrogen-bond acceptors (Lipinski definition) is 4. The number of aryl methyl sites for hydroxylation is 1. The van der Waals surface area contributed by atoms with E-state index < -0.39 is 21.9 Å². The molecule has 0 spiro atoms. The van der Waals surface area contributed by atoms with Crippen molar-refractivity contribution in [3.05, 3.63) is 23.5 Å². The van der Waals surface area contributed by atoms with E-state index in [1.54, 1.807) is 0 Å². The van der Waals surface area contributed by atoms with Gasteiger partial charge in [-0.15, -0.1) is 0 Å². The Labute approximate surface area is 110 Å². The molecule has 1 aliphatic heterocycles. The third-order valence-electron chi connectivity index (χ3n) is 2.88. The number of rotatable bonds is 3. The van der Waals surface area contributed by atoms with Crippen LogP contribution in [0.25, 0.3) is 0 Å². The Bertz CT molecular complexity index is 630. The molecule has 19 heavy (non-hydrogen) atoms. The SMILES string of the molecule is Cc1cc(F)c(N)cc1S(=O)(=O)NC1CNC(=O)C1. The van der Waals surface area contributed by atoms with Crippen LogP contribution in [0, 0.1) is 12.7 Å². The fourth-order valence-corrected chi connectivity index (χ4v) is 3.43. The Kier molecular flexibility index (Phi) is 3.46. The van der Waals surface area contributed by atoms with Crippen molar-refractivity contribution in [3.8, 4) is 0 Å². The number of anilines is 1. The summed E-state index contributed by atoms with van der Waals surface area (Å²) in [7, 11) is -3.83. The van der Waals surface area contributed by atoms with Crippen molar-refractivity contribution in [1.29, 1.82) is 0 Å². The van der Waals surface area contributed by atoms with Crippen LogP contribution in [0.4, 0.5) is 10.1 Å². The number of amides is 1. The van der Waals surface area contributed by atoms with Crippen LogP contribution in [0.2, 0.25) is 0 Å². The number of nitrogens with one attached hydrogen (secondary N) is 2. The lowest BCUT2D eigenvalue weighted by atomic mass is 10.2. The van der Waals surface area contributed by atoms with Crippen LogP contribution in [-0.2, 0) is 14.8 Å². The molecule has 0 aliphatic carbocycles. The van der Waals surface area contributed by atoms with Gasteiger partial charge >= 0.3 is 0 Å². The summed E-state index contributed by atoms with van der Waals surface area (Å²) in [6.45, 7) is 1.73. The third-order valence-corrected chi connectivity index (χ3v) is 4.55. The fraction of sp³-hybridized carbons (Fsp3) is 0.364. The fourth-order valence-electron chi connectivity index (χ4n) is 1.93. The predicted octanol–water partition coefficient (Wildman–Crippen LogP) is -0.117. The average molecular weight is 287 g/mol. The molecule has 1 unspecified atom stereocenters. The zero-order chi connectivity index (χ0) is 14.2. The van der Waals surface area contributed by atoms with Crippen LogP contribution in [0.3, 0.4) is 0 Å². The van der Waals surface area contributed by atoms with E-state index in [1.165, 1.54) is 6.92 Å². The minimum atomic E-state index is -3.83. The van der Waals surface area contributed by atoms with Crippen molar-refractivity contribution < 1.29 is 17.6 Å². The van der Waals surface area contributed by atoms with Crippen LogP contribution in [-0.4, -0.2) is 26.9 Å². The second-order valence-electron chi connectivity index (χ2n) is 4.47. The van der Waals surface area contributed by atoms with Crippen LogP contribution >= 0.6 is 0 Å². The molecule has 1 aromatic carbocycles. The predicted molar refractivity (Wildman–Crippen MR) is 67.3 cm³/mol. The highest BCUT2D eigenvalue weighted by Gasteiger charge is 2.28. The molecule has 0 radical (unpaired) electrons. The Morgan fingerprint density at radius 3 is 2.74 bits per heavy atom. The summed E-state index contributed by atoms with van der Waals surface area (Å²) in [6, 6.07) is 1.65. The normalized spacial score (nSPS) is 19.5. The Morgan fingerprint density at radius 2 is 2.16 bits per heavy atom. The average Bonchev–Trinajstić information content (AvgIpc) is 2.68. The van der Waals surface area contributed by atoms with Gasteiger partial charge in [0.1, 0.15) is 5.82 Å². The van der Waals surface area contributed by atoms with Gasteiger partial charge in [0.2, 0.25) is 15.9 Å². The van der Waals surface area contributed by atoms with Crippen LogP contribution < -0.4 is 15.8 Å². The first-order valence-corrected chi connectivity index (χ1v) is 7.12. The Balaban J connectivity index is 2.29. The number of carbonyl (C=O) groups is 1. The number of sulfonamides is 1. The van der Waals surface area contributed by atoms with Crippen molar-refractivity contribution >= 4 is 21.6 Å². The van der Waals surface area contributed by atoms with Gasteiger partial charge in [-0.3, -0.25) is 4.79 Å². The summed E-state index contributed by atoms with van der Waals surface area (Å²) in [5.74, 6) is -0.864. The summed E-state index contributed by atoms with van der Waals surface area (Å²) in [5.41, 5.74) is 5.41. The summed E-state index contributed by atoms with van der Waals surface area (Å²) in [4.78, 5) is 10.9. The number of hydrogen-bond donors (Lipinski definition) is 3. The van der Waals surface area contributed by atoms with Gasteiger partial charge < -0.3 is 11.1 Å². The van der Waals surface area contributed by atoms with Crippen molar-refractivity contribution in [3.63, 3.8) is 0 Å². The van der Waals surface area contributed by atoms with Gasteiger partial charge in [0.15, 0.2) is 0 Å². The minimum absolute atomic E-state index is 0.0780. The maximum Gasteiger partial charge on any atom is 0.241 e. The molecule has 1 heterocycles. The highest BCUT2D eigenvalue weighted by Crippen LogP contribution is 2.22. The smallest absolute Gasteiger partial charge is 0.241 e. The molecule has 0 saturated carbocycles. The molecule has 4 N–H and O–H groups in total. The van der Waals surface area contributed by atoms with E-state index in [0.717, 1.165) is 12.1 Å². The van der Waals surface area contributed by atoms with Gasteiger partial charge in [0.25, 0.3) is 0 Å². The highest BCUT2D eigenvalue weighted by molar-refractivity contribution is 7.89. The molecule has 1 amide bonds. The molecule has 0 aromatic heterocycles. The lowest BCUT2D eigenvalue weighted by Crippen LogP contribution is -2.36. The first-order chi connectivity index (χ1) is 8.79. The second kappa shape index (κ2) is 4.78. The first-order valence-electron chi connectivity index (χ1n) is 5.64. The van der Waals surface area contributed by atoms with Crippen molar-refractivity contribution in [1.82, 2.24) is 10.0 Å². The number of benzene rings is 1. The summed E-state index contributed by atoms with van der Waals surface area (Å²) >= 11 is 0. The number of nitrogen functional groups attached to an aromatic ring is 1. The van der Waals surface area contributed by atoms with E-state index in [4.69, 9.17) is 5.73 Å². The molecule has 1 atom stereocenters. The van der Waals surface area contributed by atoms with Gasteiger partial charge in [-0.25, -0.2) is 17.5 Å². The van der Waals surface area contributed by atoms with Gasteiger partial charge in [0, 0.05) is 19.0 Å². The maximum absolute atomic E-state index is 13.2. The number of nitrogens with two attached hydrogens (primary N) is 1. The standard InChI is InChI=1S/C11H14FN3O3S/c1-6-2-8(12)9(13)4-10(6)19(17,18)15-7-3-11(16)14-5-7/h2,4,7,15H,3,5,13H2,1H3,(H,14,16). The van der Waals surface area contributed by atoms with Gasteiger partial charge in [-0.2, -0.15) is 0 Å². The van der Waals surface area contributed by atoms with Crippen LogP contribution in [0.5, 0.6) is 0 Å². The second-order valence-corrected chi connectivity index (χ2v) is 6.15. The van der Waals surface area contributed by atoms with E-state index in [0.29, 0.717) is 0 Å². The number of halogens is 1. The van der Waals surface area contributed by atoms with E-state index in [9.17, 15) is 17.6 Å². The molecule has 1 fully saturated rings. The van der Waals surface area contributed by atoms with E-state index in [-0.39, 0.29) is 35.0 Å². The summed E-state index contributed by atoms with van der Waals surface area (Å²) in [5, 5.41) is 2.53. The lowest BCUT2D eigenvalue weighted by Gasteiger charge is -2.13. The first kappa shape index (κ1) is 13.8. The molecule has 1 saturated heterocycles. The molecule has 1 aliphatic rings. The van der Waals surface area contributed by atoms with Crippen molar-refractivity contribution in [2.75, 3.05) is 12.3 Å². The van der Waals surface area contributed by atoms with Crippen molar-refractivity contribution in [2.45, 2.75) is 24.3 Å². The summed E-state index contributed by atoms with van der Waals surface area (Å²) < 4.78 is 39.9. The topological polar surface area (TPSA) is 101 Å². The molecular weight excluding hydrogens is 273 g/mol. The number of carbonyl (C=O) groups excluding carboxylic acids is 1. The van der Waals surface area contributed by atoms with Gasteiger partial charge in [-0.1, -0.05) is 0 Å². The van der Waals surface area contributed by atoms with Gasteiger partial charge in [-0.05, 0) is 24.6 Å². The molecule has 104 valence electrons. The molecule has 6 nitrogen and oxygen atoms in total. The minimum Gasteiger partial charge on any atom is -0.396 e. The molecule has 1 aromatic rings. The Hall–Kier alpha value is -1.67. The molecule has 2 rings (SSSR count). The van der Waals surface area contributed by atoms with Gasteiger partial charge in [0.05, 0.1) is 10.6 Å².